The molecular weight excluding hydrogens is 406 g/mol. The summed E-state index contributed by atoms with van der Waals surface area (Å²) in [6.07, 6.45) is 1.69. The van der Waals surface area contributed by atoms with Gasteiger partial charge in [0.2, 0.25) is 5.91 Å². The third-order valence-electron chi connectivity index (χ3n) is 5.92. The molecule has 0 atom stereocenters. The second-order valence-electron chi connectivity index (χ2n) is 7.80. The van der Waals surface area contributed by atoms with Crippen molar-refractivity contribution in [3.8, 4) is 11.8 Å². The lowest BCUT2D eigenvalue weighted by molar-refractivity contribution is -0.116. The number of fused-ring (bicyclic) bond motifs is 1. The predicted molar refractivity (Wildman–Crippen MR) is 109 cm³/mol. The topological polar surface area (TPSA) is 101 Å². The van der Waals surface area contributed by atoms with Gasteiger partial charge in [-0.25, -0.2) is 14.7 Å². The molecular formula is C22H22F2N4O3. The van der Waals surface area contributed by atoms with Gasteiger partial charge in [0.05, 0.1) is 16.9 Å². The monoisotopic (exact) mass is 428 g/mol. The number of anilines is 2. The van der Waals surface area contributed by atoms with E-state index in [0.29, 0.717) is 49.4 Å². The Labute approximate surface area is 178 Å². The van der Waals surface area contributed by atoms with Crippen LogP contribution in [0.1, 0.15) is 30.4 Å². The standard InChI is InChI=1S/C22H22F2N4O3/c23-15-1-4-18(14(11-15)12-25)28-9-7-22(31-26,8-10-28)13-30-19-5-3-17(24)21-16(19)2-6-20(29)27-21/h1,3-5,11H,2,6-10,13,26H2,(H,27,29). The minimum atomic E-state index is -0.761. The fourth-order valence-electron chi connectivity index (χ4n) is 4.09. The number of nitrogens with zero attached hydrogens (tertiary/aromatic N) is 2. The average Bonchev–Trinajstić information content (AvgIpc) is 2.79. The highest BCUT2D eigenvalue weighted by Crippen LogP contribution is 2.36. The van der Waals surface area contributed by atoms with Gasteiger partial charge in [-0.05, 0) is 49.6 Å². The van der Waals surface area contributed by atoms with Crippen LogP contribution in [0.4, 0.5) is 20.2 Å². The van der Waals surface area contributed by atoms with E-state index in [1.165, 1.54) is 18.2 Å². The van der Waals surface area contributed by atoms with Crippen LogP contribution in [-0.2, 0) is 16.1 Å². The summed E-state index contributed by atoms with van der Waals surface area (Å²) in [5.41, 5.74) is 0.958. The van der Waals surface area contributed by atoms with Gasteiger partial charge in [0, 0.05) is 25.1 Å². The Morgan fingerprint density at radius 2 is 1.97 bits per heavy atom. The lowest BCUT2D eigenvalue weighted by atomic mass is 9.91. The first-order chi connectivity index (χ1) is 14.9. The Morgan fingerprint density at radius 3 is 2.68 bits per heavy atom. The van der Waals surface area contributed by atoms with Crippen molar-refractivity contribution in [1.29, 1.82) is 5.26 Å². The van der Waals surface area contributed by atoms with Gasteiger partial charge in [0.1, 0.15) is 35.7 Å². The number of hydrogen-bond acceptors (Lipinski definition) is 6. The third-order valence-corrected chi connectivity index (χ3v) is 5.92. The van der Waals surface area contributed by atoms with Crippen molar-refractivity contribution in [1.82, 2.24) is 0 Å². The molecule has 0 aromatic heterocycles. The maximum absolute atomic E-state index is 14.1. The van der Waals surface area contributed by atoms with Crippen LogP contribution < -0.4 is 20.9 Å². The molecule has 2 aliphatic heterocycles. The van der Waals surface area contributed by atoms with Crippen LogP contribution in [0.15, 0.2) is 30.3 Å². The van der Waals surface area contributed by atoms with E-state index in [2.05, 4.69) is 5.32 Å². The number of hydrogen-bond donors (Lipinski definition) is 2. The fraction of sp³-hybridized carbons (Fsp3) is 0.364. The van der Waals surface area contributed by atoms with E-state index in [1.54, 1.807) is 12.1 Å². The zero-order valence-electron chi connectivity index (χ0n) is 16.8. The van der Waals surface area contributed by atoms with E-state index in [9.17, 15) is 18.8 Å². The number of benzene rings is 2. The van der Waals surface area contributed by atoms with Gasteiger partial charge in [0.25, 0.3) is 0 Å². The van der Waals surface area contributed by atoms with Crippen LogP contribution in [0, 0.1) is 23.0 Å². The van der Waals surface area contributed by atoms with Crippen molar-refractivity contribution in [3.63, 3.8) is 0 Å². The van der Waals surface area contributed by atoms with Gasteiger partial charge in [-0.2, -0.15) is 5.26 Å². The molecule has 7 nitrogen and oxygen atoms in total. The first-order valence-corrected chi connectivity index (χ1v) is 10.0. The smallest absolute Gasteiger partial charge is 0.224 e. The van der Waals surface area contributed by atoms with E-state index in [0.717, 1.165) is 0 Å². The van der Waals surface area contributed by atoms with Gasteiger partial charge in [-0.1, -0.05) is 0 Å². The van der Waals surface area contributed by atoms with Gasteiger partial charge >= 0.3 is 0 Å². The Balaban J connectivity index is 1.46. The van der Waals surface area contributed by atoms with Crippen molar-refractivity contribution in [3.05, 3.63) is 53.1 Å². The number of ether oxygens (including phenoxy) is 1. The summed E-state index contributed by atoms with van der Waals surface area (Å²) in [4.78, 5) is 18.9. The van der Waals surface area contributed by atoms with Gasteiger partial charge in [-0.15, -0.1) is 0 Å². The normalized spacial score (nSPS) is 17.5. The zero-order chi connectivity index (χ0) is 22.0. The summed E-state index contributed by atoms with van der Waals surface area (Å²) >= 11 is 0. The fourth-order valence-corrected chi connectivity index (χ4v) is 4.09. The van der Waals surface area contributed by atoms with E-state index < -0.39 is 17.2 Å². The molecule has 9 heteroatoms. The molecule has 1 saturated heterocycles. The van der Waals surface area contributed by atoms with Crippen molar-refractivity contribution in [2.75, 3.05) is 29.9 Å². The molecule has 0 unspecified atom stereocenters. The number of amides is 1. The second kappa shape index (κ2) is 8.49. The summed E-state index contributed by atoms with van der Waals surface area (Å²) < 4.78 is 33.5. The summed E-state index contributed by atoms with van der Waals surface area (Å²) in [5.74, 6) is 4.93. The number of nitrogens with one attached hydrogen (secondary N) is 1. The maximum Gasteiger partial charge on any atom is 0.224 e. The Hall–Kier alpha value is -3.22. The summed E-state index contributed by atoms with van der Waals surface area (Å²) in [5, 5.41) is 11.9. The second-order valence-corrected chi connectivity index (χ2v) is 7.80. The molecule has 1 fully saturated rings. The number of halogens is 2. The number of rotatable bonds is 5. The van der Waals surface area contributed by atoms with Crippen LogP contribution >= 0.6 is 0 Å². The highest BCUT2D eigenvalue weighted by molar-refractivity contribution is 5.94. The number of nitrogens with two attached hydrogens (primary N) is 1. The lowest BCUT2D eigenvalue weighted by Crippen LogP contribution is -2.51. The molecule has 4 rings (SSSR count). The minimum Gasteiger partial charge on any atom is -0.490 e. The summed E-state index contributed by atoms with van der Waals surface area (Å²) in [6, 6.07) is 8.98. The highest BCUT2D eigenvalue weighted by atomic mass is 19.1. The van der Waals surface area contributed by atoms with Crippen LogP contribution in [0.2, 0.25) is 0 Å². The quantitative estimate of drug-likeness (QED) is 0.710. The lowest BCUT2D eigenvalue weighted by Gasteiger charge is -2.41. The third kappa shape index (κ3) is 4.17. The van der Waals surface area contributed by atoms with Crippen LogP contribution in [0.3, 0.4) is 0 Å². The molecule has 0 spiro atoms. The molecule has 31 heavy (non-hydrogen) atoms. The average molecular weight is 428 g/mol. The predicted octanol–water partition coefficient (Wildman–Crippen LogP) is 3.03. The van der Waals surface area contributed by atoms with Gasteiger partial charge < -0.3 is 15.0 Å². The SMILES string of the molecule is N#Cc1cc(F)ccc1N1CCC(COc2ccc(F)c3c2CCC(=O)N3)(ON)CC1. The van der Waals surface area contributed by atoms with Crippen LogP contribution in [0.5, 0.6) is 5.75 Å². The molecule has 2 aliphatic rings. The van der Waals surface area contributed by atoms with Crippen molar-refractivity contribution < 1.29 is 23.1 Å². The van der Waals surface area contributed by atoms with E-state index >= 15 is 0 Å². The molecule has 2 heterocycles. The highest BCUT2D eigenvalue weighted by Gasteiger charge is 2.37. The molecule has 3 N–H and O–H groups in total. The molecule has 2 aromatic rings. The van der Waals surface area contributed by atoms with Crippen LogP contribution in [0.25, 0.3) is 0 Å². The molecule has 0 aliphatic carbocycles. The first kappa shape index (κ1) is 21.0. The van der Waals surface area contributed by atoms with E-state index in [-0.39, 0.29) is 30.2 Å². The Kier molecular flexibility index (Phi) is 5.76. The van der Waals surface area contributed by atoms with Gasteiger partial charge in [-0.3, -0.25) is 9.63 Å². The number of carbonyl (C=O) groups excluding carboxylic acids is 1. The molecule has 2 aromatic carbocycles. The number of nitriles is 1. The van der Waals surface area contributed by atoms with E-state index in [1.807, 2.05) is 11.0 Å². The number of piperidine rings is 1. The minimum absolute atomic E-state index is 0.151. The van der Waals surface area contributed by atoms with E-state index in [4.69, 9.17) is 15.5 Å². The van der Waals surface area contributed by atoms with Crippen molar-refractivity contribution >= 4 is 17.3 Å². The maximum atomic E-state index is 14.1. The molecule has 0 bridgehead atoms. The van der Waals surface area contributed by atoms with Crippen molar-refractivity contribution in [2.45, 2.75) is 31.3 Å². The molecule has 0 saturated carbocycles. The zero-order valence-corrected chi connectivity index (χ0v) is 16.8. The Bertz CT molecular complexity index is 1050. The summed E-state index contributed by atoms with van der Waals surface area (Å²) in [7, 11) is 0. The summed E-state index contributed by atoms with van der Waals surface area (Å²) in [6.45, 7) is 1.23. The molecule has 162 valence electrons. The molecule has 0 radical (unpaired) electrons. The van der Waals surface area contributed by atoms with Gasteiger partial charge in [0.15, 0.2) is 0 Å². The van der Waals surface area contributed by atoms with Crippen LogP contribution in [-0.4, -0.2) is 31.2 Å². The first-order valence-electron chi connectivity index (χ1n) is 10.0. The molecule has 1 amide bonds. The Morgan fingerprint density at radius 1 is 1.19 bits per heavy atom. The van der Waals surface area contributed by atoms with Crippen molar-refractivity contribution in [2.24, 2.45) is 5.90 Å². The number of carbonyl (C=O) groups is 1. The largest absolute Gasteiger partial charge is 0.490 e.